The fourth-order valence-corrected chi connectivity index (χ4v) is 3.04. The largest absolute Gasteiger partial charge is 0.373 e. The summed E-state index contributed by atoms with van der Waals surface area (Å²) in [7, 11) is 0. The second-order valence-electron chi connectivity index (χ2n) is 6.03. The summed E-state index contributed by atoms with van der Waals surface area (Å²) in [6.45, 7) is 0.632. The molecule has 2 aromatic carbocycles. The van der Waals surface area contributed by atoms with Gasteiger partial charge < -0.3 is 10.1 Å². The van der Waals surface area contributed by atoms with Gasteiger partial charge in [-0.1, -0.05) is 35.4 Å². The van der Waals surface area contributed by atoms with Crippen LogP contribution in [-0.4, -0.2) is 32.9 Å². The molecule has 7 heteroatoms. The molecule has 0 unspecified atom stereocenters. The number of ether oxygens (including phenoxy) is 1. The fraction of sp³-hybridized carbons (Fsp3) is 0.278. The van der Waals surface area contributed by atoms with Crippen LogP contribution in [0.4, 0.5) is 10.3 Å². The van der Waals surface area contributed by atoms with Crippen molar-refractivity contribution >= 4 is 5.95 Å². The monoisotopic (exact) mass is 339 g/mol. The highest BCUT2D eigenvalue weighted by Gasteiger charge is 2.25. The average molecular weight is 339 g/mol. The van der Waals surface area contributed by atoms with Crippen molar-refractivity contribution in [1.29, 1.82) is 0 Å². The van der Waals surface area contributed by atoms with E-state index in [1.54, 1.807) is 16.8 Å². The van der Waals surface area contributed by atoms with Gasteiger partial charge in [0, 0.05) is 12.6 Å². The van der Waals surface area contributed by atoms with Gasteiger partial charge in [0.15, 0.2) is 0 Å². The van der Waals surface area contributed by atoms with E-state index in [4.69, 9.17) is 4.74 Å². The van der Waals surface area contributed by atoms with Gasteiger partial charge in [-0.05, 0) is 53.1 Å². The molecule has 2 atom stereocenters. The Morgan fingerprint density at radius 1 is 1.08 bits per heavy atom. The molecule has 0 spiro atoms. The highest BCUT2D eigenvalue weighted by molar-refractivity contribution is 5.39. The number of aromatic nitrogens is 4. The van der Waals surface area contributed by atoms with Gasteiger partial charge >= 0.3 is 0 Å². The Morgan fingerprint density at radius 2 is 1.88 bits per heavy atom. The molecule has 1 fully saturated rings. The average Bonchev–Trinajstić information content (AvgIpc) is 3.11. The minimum Gasteiger partial charge on any atom is -0.373 e. The van der Waals surface area contributed by atoms with Crippen molar-refractivity contribution in [3.63, 3.8) is 0 Å². The second kappa shape index (κ2) is 6.98. The molecule has 1 aromatic heterocycles. The van der Waals surface area contributed by atoms with Crippen LogP contribution in [-0.2, 0) is 4.74 Å². The number of anilines is 1. The molecule has 1 N–H and O–H groups in total. The lowest BCUT2D eigenvalue weighted by Gasteiger charge is -2.30. The van der Waals surface area contributed by atoms with Gasteiger partial charge in [-0.3, -0.25) is 0 Å². The molecule has 3 aromatic rings. The standard InChI is InChI=1S/C18H18FN5O/c19-14-8-6-13(7-9-14)17-12-15(10-11-25-17)20-18-21-22-23-24(18)16-4-2-1-3-5-16/h1-9,15,17H,10-12H2,(H,20,21,23)/t15-,17+/m0/s1. The first kappa shape index (κ1) is 15.7. The minimum atomic E-state index is -0.240. The van der Waals surface area contributed by atoms with E-state index in [0.29, 0.717) is 12.6 Å². The van der Waals surface area contributed by atoms with E-state index in [0.717, 1.165) is 24.1 Å². The van der Waals surface area contributed by atoms with Crippen LogP contribution >= 0.6 is 0 Å². The van der Waals surface area contributed by atoms with Crippen molar-refractivity contribution in [2.24, 2.45) is 0 Å². The maximum Gasteiger partial charge on any atom is 0.247 e. The summed E-state index contributed by atoms with van der Waals surface area (Å²) in [5.41, 5.74) is 1.88. The number of hydrogen-bond donors (Lipinski definition) is 1. The van der Waals surface area contributed by atoms with Crippen LogP contribution in [0.15, 0.2) is 54.6 Å². The van der Waals surface area contributed by atoms with E-state index in [2.05, 4.69) is 20.8 Å². The number of halogens is 1. The number of nitrogens with zero attached hydrogens (tertiary/aromatic N) is 4. The zero-order valence-corrected chi connectivity index (χ0v) is 13.5. The summed E-state index contributed by atoms with van der Waals surface area (Å²) in [6, 6.07) is 16.4. The summed E-state index contributed by atoms with van der Waals surface area (Å²) in [5.74, 6) is 0.368. The quantitative estimate of drug-likeness (QED) is 0.791. The van der Waals surface area contributed by atoms with Crippen LogP contribution in [0.3, 0.4) is 0 Å². The highest BCUT2D eigenvalue weighted by Crippen LogP contribution is 2.29. The third-order valence-electron chi connectivity index (χ3n) is 4.33. The summed E-state index contributed by atoms with van der Waals surface area (Å²) in [6.07, 6.45) is 1.57. The number of benzene rings is 2. The minimum absolute atomic E-state index is 0.0621. The third kappa shape index (κ3) is 3.51. The molecule has 4 rings (SSSR count). The Labute approximate surface area is 144 Å². The maximum atomic E-state index is 13.1. The van der Waals surface area contributed by atoms with Crippen LogP contribution in [0.25, 0.3) is 5.69 Å². The normalized spacial score (nSPS) is 20.4. The van der Waals surface area contributed by atoms with Crippen LogP contribution < -0.4 is 5.32 Å². The molecular weight excluding hydrogens is 321 g/mol. The molecule has 25 heavy (non-hydrogen) atoms. The first-order chi connectivity index (χ1) is 12.3. The fourth-order valence-electron chi connectivity index (χ4n) is 3.04. The SMILES string of the molecule is Fc1ccc([C@H]2C[C@@H](Nc3nnnn3-c3ccccc3)CCO2)cc1. The molecule has 0 radical (unpaired) electrons. The molecule has 0 saturated carbocycles. The first-order valence-corrected chi connectivity index (χ1v) is 8.27. The van der Waals surface area contributed by atoms with Crippen molar-refractivity contribution in [2.45, 2.75) is 25.0 Å². The summed E-state index contributed by atoms with van der Waals surface area (Å²) in [5, 5.41) is 15.3. The molecule has 2 heterocycles. The Morgan fingerprint density at radius 3 is 2.68 bits per heavy atom. The van der Waals surface area contributed by atoms with Crippen LogP contribution in [0.2, 0.25) is 0 Å². The van der Waals surface area contributed by atoms with Crippen LogP contribution in [0.5, 0.6) is 0 Å². The highest BCUT2D eigenvalue weighted by atomic mass is 19.1. The van der Waals surface area contributed by atoms with Gasteiger partial charge in [-0.2, -0.15) is 4.68 Å². The van der Waals surface area contributed by atoms with E-state index in [1.807, 2.05) is 30.3 Å². The molecule has 1 aliphatic heterocycles. The van der Waals surface area contributed by atoms with Gasteiger partial charge in [0.1, 0.15) is 5.82 Å². The van der Waals surface area contributed by atoms with E-state index in [-0.39, 0.29) is 18.0 Å². The van der Waals surface area contributed by atoms with Gasteiger partial charge in [-0.15, -0.1) is 0 Å². The lowest BCUT2D eigenvalue weighted by atomic mass is 9.97. The lowest BCUT2D eigenvalue weighted by Crippen LogP contribution is -2.31. The van der Waals surface area contributed by atoms with E-state index >= 15 is 0 Å². The zero-order chi connectivity index (χ0) is 17.1. The predicted octanol–water partition coefficient (Wildman–Crippen LogP) is 3.13. The molecule has 1 aliphatic rings. The van der Waals surface area contributed by atoms with Gasteiger partial charge in [0.05, 0.1) is 11.8 Å². The Hall–Kier alpha value is -2.80. The number of para-hydroxylation sites is 1. The van der Waals surface area contributed by atoms with Crippen LogP contribution in [0.1, 0.15) is 24.5 Å². The second-order valence-corrected chi connectivity index (χ2v) is 6.03. The van der Waals surface area contributed by atoms with Crippen molar-refractivity contribution in [3.8, 4) is 5.69 Å². The summed E-state index contributed by atoms with van der Waals surface area (Å²) >= 11 is 0. The third-order valence-corrected chi connectivity index (χ3v) is 4.33. The smallest absolute Gasteiger partial charge is 0.247 e. The molecular formula is C18H18FN5O. The molecule has 6 nitrogen and oxygen atoms in total. The molecule has 1 saturated heterocycles. The van der Waals surface area contributed by atoms with Gasteiger partial charge in [0.2, 0.25) is 5.95 Å². The molecule has 128 valence electrons. The summed E-state index contributed by atoms with van der Waals surface area (Å²) < 4.78 is 20.6. The molecule has 0 amide bonds. The topological polar surface area (TPSA) is 64.9 Å². The van der Waals surface area contributed by atoms with E-state index < -0.39 is 0 Å². The van der Waals surface area contributed by atoms with Crippen molar-refractivity contribution in [3.05, 3.63) is 66.0 Å². The van der Waals surface area contributed by atoms with Gasteiger partial charge in [0.25, 0.3) is 0 Å². The zero-order valence-electron chi connectivity index (χ0n) is 13.5. The van der Waals surface area contributed by atoms with E-state index in [1.165, 1.54) is 12.1 Å². The number of rotatable bonds is 4. The summed E-state index contributed by atoms with van der Waals surface area (Å²) in [4.78, 5) is 0. The molecule has 0 bridgehead atoms. The number of hydrogen-bond acceptors (Lipinski definition) is 5. The number of tetrazole rings is 1. The van der Waals surface area contributed by atoms with Crippen molar-refractivity contribution < 1.29 is 9.13 Å². The predicted molar refractivity (Wildman–Crippen MR) is 90.9 cm³/mol. The Balaban J connectivity index is 1.48. The van der Waals surface area contributed by atoms with Crippen LogP contribution in [0, 0.1) is 5.82 Å². The van der Waals surface area contributed by atoms with E-state index in [9.17, 15) is 4.39 Å². The Bertz CT molecular complexity index is 821. The van der Waals surface area contributed by atoms with Crippen molar-refractivity contribution in [2.75, 3.05) is 11.9 Å². The number of nitrogens with one attached hydrogen (secondary N) is 1. The molecule has 0 aliphatic carbocycles. The van der Waals surface area contributed by atoms with Gasteiger partial charge in [-0.25, -0.2) is 4.39 Å². The lowest BCUT2D eigenvalue weighted by molar-refractivity contribution is 0.00963. The Kier molecular flexibility index (Phi) is 4.39. The van der Waals surface area contributed by atoms with Crippen molar-refractivity contribution in [1.82, 2.24) is 20.2 Å². The maximum absolute atomic E-state index is 13.1. The first-order valence-electron chi connectivity index (χ1n) is 8.27.